The van der Waals surface area contributed by atoms with Crippen molar-refractivity contribution in [3.63, 3.8) is 0 Å². The molecule has 1 unspecified atom stereocenters. The minimum absolute atomic E-state index is 0.226. The van der Waals surface area contributed by atoms with Crippen LogP contribution in [0.2, 0.25) is 0 Å². The first-order chi connectivity index (χ1) is 8.58. The number of phenolic OH excluding ortho intramolecular Hbond substituents is 1. The van der Waals surface area contributed by atoms with Gasteiger partial charge in [-0.2, -0.15) is 0 Å². The van der Waals surface area contributed by atoms with E-state index in [2.05, 4.69) is 0 Å². The van der Waals surface area contributed by atoms with Crippen molar-refractivity contribution in [2.24, 2.45) is 0 Å². The quantitative estimate of drug-likeness (QED) is 0.859. The first kappa shape index (κ1) is 12.9. The van der Waals surface area contributed by atoms with E-state index in [1.165, 1.54) is 0 Å². The van der Waals surface area contributed by atoms with E-state index in [-0.39, 0.29) is 5.75 Å². The van der Waals surface area contributed by atoms with Gasteiger partial charge in [-0.25, -0.2) is 0 Å². The highest BCUT2D eigenvalue weighted by Gasteiger charge is 2.45. The number of carboxylic acid groups (broad SMARTS) is 1. The van der Waals surface area contributed by atoms with Crippen LogP contribution in [0.5, 0.6) is 5.75 Å². The second-order valence-electron chi connectivity index (χ2n) is 4.89. The summed E-state index contributed by atoms with van der Waals surface area (Å²) in [7, 11) is 0. The number of hydrogen-bond donors (Lipinski definition) is 2. The summed E-state index contributed by atoms with van der Waals surface area (Å²) in [6.07, 6.45) is 2.23. The molecule has 1 saturated heterocycles. The fourth-order valence-corrected chi connectivity index (χ4v) is 2.83. The molecule has 0 aliphatic carbocycles. The summed E-state index contributed by atoms with van der Waals surface area (Å²) in [6.45, 7) is 3.30. The molecule has 4 heteroatoms. The van der Waals surface area contributed by atoms with Crippen LogP contribution in [0.3, 0.4) is 0 Å². The highest BCUT2D eigenvalue weighted by Crippen LogP contribution is 2.34. The summed E-state index contributed by atoms with van der Waals surface area (Å²) < 4.78 is 0. The second kappa shape index (κ2) is 4.98. The maximum atomic E-state index is 11.5. The Morgan fingerprint density at radius 3 is 2.89 bits per heavy atom. The molecule has 1 fully saturated rings. The van der Waals surface area contributed by atoms with E-state index in [4.69, 9.17) is 0 Å². The molecule has 1 aliphatic rings. The fraction of sp³-hybridized carbons (Fsp3) is 0.500. The predicted octanol–water partition coefficient (Wildman–Crippen LogP) is 2.22. The van der Waals surface area contributed by atoms with Crippen LogP contribution in [0.25, 0.3) is 0 Å². The molecule has 1 aromatic carbocycles. The third kappa shape index (κ3) is 2.20. The molecule has 18 heavy (non-hydrogen) atoms. The van der Waals surface area contributed by atoms with Gasteiger partial charge in [-0.15, -0.1) is 0 Å². The van der Waals surface area contributed by atoms with Crippen molar-refractivity contribution in [1.82, 2.24) is 4.90 Å². The second-order valence-corrected chi connectivity index (χ2v) is 4.89. The van der Waals surface area contributed by atoms with E-state index < -0.39 is 11.5 Å². The lowest BCUT2D eigenvalue weighted by Crippen LogP contribution is -2.49. The number of aliphatic carboxylic acids is 1. The summed E-state index contributed by atoms with van der Waals surface area (Å²) in [5.74, 6) is -0.508. The molecule has 0 bridgehead atoms. The van der Waals surface area contributed by atoms with Gasteiger partial charge in [-0.3, -0.25) is 9.69 Å². The number of aromatic hydroxyl groups is 1. The third-order valence-corrected chi connectivity index (χ3v) is 3.89. The number of carboxylic acids is 1. The van der Waals surface area contributed by atoms with Crippen LogP contribution < -0.4 is 0 Å². The van der Waals surface area contributed by atoms with Gasteiger partial charge in [0.15, 0.2) is 0 Å². The zero-order chi connectivity index (χ0) is 13.2. The molecule has 0 aromatic heterocycles. The zero-order valence-corrected chi connectivity index (χ0v) is 10.6. The Bertz CT molecular complexity index is 446. The molecule has 1 atom stereocenters. The fourth-order valence-electron chi connectivity index (χ4n) is 2.83. The largest absolute Gasteiger partial charge is 0.508 e. The third-order valence-electron chi connectivity index (χ3n) is 3.89. The molecule has 1 aliphatic heterocycles. The van der Waals surface area contributed by atoms with Gasteiger partial charge in [0.2, 0.25) is 0 Å². The molecule has 98 valence electrons. The minimum Gasteiger partial charge on any atom is -0.508 e. The summed E-state index contributed by atoms with van der Waals surface area (Å²) in [5.41, 5.74) is 0.224. The van der Waals surface area contributed by atoms with E-state index in [0.29, 0.717) is 19.4 Å². The van der Waals surface area contributed by atoms with Gasteiger partial charge in [0, 0.05) is 6.54 Å². The molecule has 0 saturated carbocycles. The predicted molar refractivity (Wildman–Crippen MR) is 68.4 cm³/mol. The number of likely N-dealkylation sites (tertiary alicyclic amines) is 1. The van der Waals surface area contributed by atoms with Crippen molar-refractivity contribution < 1.29 is 15.0 Å². The highest BCUT2D eigenvalue weighted by atomic mass is 16.4. The SMILES string of the molecule is CCC1(C(=O)O)CCCN1Cc1cccc(O)c1. The summed E-state index contributed by atoms with van der Waals surface area (Å²) in [4.78, 5) is 13.5. The monoisotopic (exact) mass is 249 g/mol. The number of hydrogen-bond acceptors (Lipinski definition) is 3. The lowest BCUT2D eigenvalue weighted by Gasteiger charge is -2.33. The van der Waals surface area contributed by atoms with Crippen molar-refractivity contribution in [1.29, 1.82) is 0 Å². The Hall–Kier alpha value is -1.55. The van der Waals surface area contributed by atoms with Crippen LogP contribution >= 0.6 is 0 Å². The van der Waals surface area contributed by atoms with E-state index in [0.717, 1.165) is 18.5 Å². The van der Waals surface area contributed by atoms with Gasteiger partial charge < -0.3 is 10.2 Å². The van der Waals surface area contributed by atoms with Gasteiger partial charge in [0.05, 0.1) is 0 Å². The summed E-state index contributed by atoms with van der Waals surface area (Å²) in [5, 5.41) is 18.9. The van der Waals surface area contributed by atoms with Crippen LogP contribution in [-0.4, -0.2) is 33.2 Å². The Kier molecular flexibility index (Phi) is 3.57. The van der Waals surface area contributed by atoms with Crippen LogP contribution in [0.15, 0.2) is 24.3 Å². The lowest BCUT2D eigenvalue weighted by molar-refractivity contribution is -0.150. The Morgan fingerprint density at radius 2 is 2.28 bits per heavy atom. The Labute approximate surface area is 107 Å². The average Bonchev–Trinajstić information content (AvgIpc) is 2.73. The first-order valence-corrected chi connectivity index (χ1v) is 6.35. The molecule has 2 rings (SSSR count). The van der Waals surface area contributed by atoms with Gasteiger partial charge >= 0.3 is 5.97 Å². The molecule has 0 amide bonds. The standard InChI is InChI=1S/C14H19NO3/c1-2-14(13(17)18)7-4-8-15(14)10-11-5-3-6-12(16)9-11/h3,5-6,9,16H,2,4,7-8,10H2,1H3,(H,17,18). The molecule has 0 radical (unpaired) electrons. The average molecular weight is 249 g/mol. The van der Waals surface area contributed by atoms with Crippen LogP contribution in [-0.2, 0) is 11.3 Å². The van der Waals surface area contributed by atoms with Crippen LogP contribution in [0.4, 0.5) is 0 Å². The van der Waals surface area contributed by atoms with Crippen LogP contribution in [0.1, 0.15) is 31.7 Å². The van der Waals surface area contributed by atoms with Gasteiger partial charge in [0.1, 0.15) is 11.3 Å². The van der Waals surface area contributed by atoms with Crippen molar-refractivity contribution in [2.75, 3.05) is 6.54 Å². The smallest absolute Gasteiger partial charge is 0.324 e. The number of benzene rings is 1. The molecule has 0 spiro atoms. The molecule has 1 aromatic rings. The number of carbonyl (C=O) groups is 1. The normalized spacial score (nSPS) is 24.3. The van der Waals surface area contributed by atoms with E-state index in [1.807, 2.05) is 17.9 Å². The summed E-state index contributed by atoms with van der Waals surface area (Å²) in [6, 6.07) is 7.02. The molecular weight excluding hydrogens is 230 g/mol. The van der Waals surface area contributed by atoms with Gasteiger partial charge in [-0.05, 0) is 43.5 Å². The Morgan fingerprint density at radius 1 is 1.50 bits per heavy atom. The topological polar surface area (TPSA) is 60.8 Å². The molecule has 1 heterocycles. The number of nitrogens with zero attached hydrogens (tertiary/aromatic N) is 1. The first-order valence-electron chi connectivity index (χ1n) is 6.35. The minimum atomic E-state index is -0.734. The van der Waals surface area contributed by atoms with Crippen molar-refractivity contribution in [3.05, 3.63) is 29.8 Å². The zero-order valence-electron chi connectivity index (χ0n) is 10.6. The maximum Gasteiger partial charge on any atom is 0.324 e. The van der Waals surface area contributed by atoms with Crippen molar-refractivity contribution in [2.45, 2.75) is 38.3 Å². The van der Waals surface area contributed by atoms with E-state index in [9.17, 15) is 15.0 Å². The maximum absolute atomic E-state index is 11.5. The van der Waals surface area contributed by atoms with Crippen molar-refractivity contribution >= 4 is 5.97 Å². The molecule has 4 nitrogen and oxygen atoms in total. The molecule has 2 N–H and O–H groups in total. The molecular formula is C14H19NO3. The lowest BCUT2D eigenvalue weighted by atomic mass is 9.92. The van der Waals surface area contributed by atoms with Gasteiger partial charge in [0.25, 0.3) is 0 Å². The Balaban J connectivity index is 2.20. The van der Waals surface area contributed by atoms with Gasteiger partial charge in [-0.1, -0.05) is 19.1 Å². The number of rotatable bonds is 4. The number of phenols is 1. The van der Waals surface area contributed by atoms with Crippen LogP contribution in [0, 0.1) is 0 Å². The highest BCUT2D eigenvalue weighted by molar-refractivity contribution is 5.79. The van der Waals surface area contributed by atoms with Crippen molar-refractivity contribution in [3.8, 4) is 5.75 Å². The van der Waals surface area contributed by atoms with E-state index in [1.54, 1.807) is 18.2 Å². The summed E-state index contributed by atoms with van der Waals surface area (Å²) >= 11 is 0. The van der Waals surface area contributed by atoms with E-state index >= 15 is 0 Å².